The van der Waals surface area contributed by atoms with Gasteiger partial charge in [0.2, 0.25) is 5.91 Å². The van der Waals surface area contributed by atoms with Crippen molar-refractivity contribution in [2.24, 2.45) is 0 Å². The molecule has 1 amide bonds. The zero-order chi connectivity index (χ0) is 16.1. The largest absolute Gasteiger partial charge is 0.395 e. The Balaban J connectivity index is 3.72. The van der Waals surface area contributed by atoms with Crippen LogP contribution in [0.4, 0.5) is 0 Å². The van der Waals surface area contributed by atoms with Crippen LogP contribution in [-0.2, 0) is 18.4 Å². The fourth-order valence-corrected chi connectivity index (χ4v) is 4.59. The number of rotatable bonds is 13. The highest BCUT2D eigenvalue weighted by atomic mass is 28.4. The molecule has 0 aliphatic rings. The first-order chi connectivity index (χ1) is 9.93. The molecule has 0 fully saturated rings. The van der Waals surface area contributed by atoms with Gasteiger partial charge < -0.3 is 19.0 Å². The fourth-order valence-electron chi connectivity index (χ4n) is 2.18. The molecule has 0 saturated heterocycles. The highest BCUT2D eigenvalue weighted by molar-refractivity contribution is 6.66. The first-order valence-electron chi connectivity index (χ1n) is 7.97. The van der Waals surface area contributed by atoms with Crippen molar-refractivity contribution in [1.29, 1.82) is 0 Å². The van der Waals surface area contributed by atoms with Gasteiger partial charge in [-0.3, -0.25) is 4.79 Å². The number of hydrogen-bond donors (Lipinski definition) is 1. The summed E-state index contributed by atoms with van der Waals surface area (Å²) in [5.74, 6) is 0.251. The van der Waals surface area contributed by atoms with Gasteiger partial charge >= 0.3 is 8.56 Å². The molecular weight excluding hydrogens is 286 g/mol. The minimum atomic E-state index is -2.05. The molecule has 124 valence electrons. The first kappa shape index (κ1) is 20.3. The van der Waals surface area contributed by atoms with E-state index >= 15 is 0 Å². The first-order valence-corrected chi connectivity index (χ1v) is 10.5. The van der Waals surface area contributed by atoms with Gasteiger partial charge in [-0.05, 0) is 52.6 Å². The summed E-state index contributed by atoms with van der Waals surface area (Å²) in [6.45, 7) is 9.62. The van der Waals surface area contributed by atoms with Crippen molar-refractivity contribution in [2.45, 2.75) is 65.5 Å². The number of unbranched alkanes of at least 4 members (excludes halogenated alkanes) is 1. The molecule has 6 heteroatoms. The van der Waals surface area contributed by atoms with Crippen LogP contribution < -0.4 is 5.32 Å². The summed E-state index contributed by atoms with van der Waals surface area (Å²) < 4.78 is 11.5. The number of ketones is 1. The topological polar surface area (TPSA) is 64.6 Å². The van der Waals surface area contributed by atoms with Crippen LogP contribution in [0, 0.1) is 0 Å². The molecule has 0 spiro atoms. The molecular formula is C15H31NO4Si. The van der Waals surface area contributed by atoms with Crippen LogP contribution in [0.25, 0.3) is 0 Å². The van der Waals surface area contributed by atoms with Gasteiger partial charge in [0, 0.05) is 32.6 Å². The summed E-state index contributed by atoms with van der Waals surface area (Å²) >= 11 is 0. The summed E-state index contributed by atoms with van der Waals surface area (Å²) in [6, 6.07) is 0.888. The summed E-state index contributed by atoms with van der Waals surface area (Å²) in [5.41, 5.74) is 0. The van der Waals surface area contributed by atoms with Gasteiger partial charge in [0.05, 0.1) is 0 Å². The van der Waals surface area contributed by atoms with Gasteiger partial charge in [0.15, 0.2) is 0 Å². The van der Waals surface area contributed by atoms with Crippen molar-refractivity contribution in [3.8, 4) is 0 Å². The van der Waals surface area contributed by atoms with E-state index in [4.69, 9.17) is 8.85 Å². The molecule has 0 aliphatic carbocycles. The smallest absolute Gasteiger partial charge is 0.334 e. The Bertz CT molecular complexity index is 304. The SMILES string of the molecule is CCO[Si](C)(CCCNC(=O)CCCCC(C)=O)OCC. The van der Waals surface area contributed by atoms with Crippen LogP contribution in [-0.4, -0.2) is 40.0 Å². The Morgan fingerprint density at radius 3 is 2.10 bits per heavy atom. The zero-order valence-electron chi connectivity index (χ0n) is 14.0. The van der Waals surface area contributed by atoms with E-state index in [1.807, 2.05) is 13.8 Å². The Morgan fingerprint density at radius 2 is 1.57 bits per heavy atom. The molecule has 0 bridgehead atoms. The Labute approximate surface area is 130 Å². The van der Waals surface area contributed by atoms with Crippen molar-refractivity contribution >= 4 is 20.3 Å². The van der Waals surface area contributed by atoms with E-state index in [-0.39, 0.29) is 11.7 Å². The second kappa shape index (κ2) is 11.9. The van der Waals surface area contributed by atoms with Crippen molar-refractivity contribution < 1.29 is 18.4 Å². The third-order valence-electron chi connectivity index (χ3n) is 3.21. The van der Waals surface area contributed by atoms with E-state index < -0.39 is 8.56 Å². The van der Waals surface area contributed by atoms with Crippen molar-refractivity contribution in [1.82, 2.24) is 5.32 Å². The molecule has 0 aromatic heterocycles. The molecule has 0 aromatic rings. The van der Waals surface area contributed by atoms with Crippen LogP contribution in [0.1, 0.15) is 52.9 Å². The Kier molecular flexibility index (Phi) is 11.5. The molecule has 0 heterocycles. The van der Waals surface area contributed by atoms with E-state index in [2.05, 4.69) is 11.9 Å². The predicted octanol–water partition coefficient (Wildman–Crippen LogP) is 2.79. The van der Waals surface area contributed by atoms with E-state index in [0.29, 0.717) is 32.6 Å². The minimum Gasteiger partial charge on any atom is -0.395 e. The molecule has 0 unspecified atom stereocenters. The van der Waals surface area contributed by atoms with Crippen molar-refractivity contribution in [3.63, 3.8) is 0 Å². The zero-order valence-corrected chi connectivity index (χ0v) is 15.0. The van der Waals surface area contributed by atoms with Gasteiger partial charge in [-0.2, -0.15) is 0 Å². The number of amides is 1. The van der Waals surface area contributed by atoms with Crippen LogP contribution in [0.5, 0.6) is 0 Å². The maximum Gasteiger partial charge on any atom is 0.334 e. The van der Waals surface area contributed by atoms with Crippen molar-refractivity contribution in [2.75, 3.05) is 19.8 Å². The average Bonchev–Trinajstić information content (AvgIpc) is 2.40. The Hall–Kier alpha value is -0.723. The summed E-state index contributed by atoms with van der Waals surface area (Å²) in [4.78, 5) is 22.4. The van der Waals surface area contributed by atoms with E-state index in [9.17, 15) is 9.59 Å². The van der Waals surface area contributed by atoms with Gasteiger partial charge in [-0.15, -0.1) is 0 Å². The summed E-state index contributed by atoms with van der Waals surface area (Å²) in [5, 5.41) is 2.91. The maximum absolute atomic E-state index is 11.6. The molecule has 1 N–H and O–H groups in total. The van der Waals surface area contributed by atoms with E-state index in [0.717, 1.165) is 25.3 Å². The highest BCUT2D eigenvalue weighted by Crippen LogP contribution is 2.15. The number of hydrogen-bond acceptors (Lipinski definition) is 4. The molecule has 21 heavy (non-hydrogen) atoms. The Morgan fingerprint density at radius 1 is 1.00 bits per heavy atom. The molecule has 0 rings (SSSR count). The monoisotopic (exact) mass is 317 g/mol. The second-order valence-corrected chi connectivity index (χ2v) is 8.71. The number of Topliss-reactive ketones (excluding diaryl/α,β-unsaturated/α-hetero) is 1. The van der Waals surface area contributed by atoms with Crippen LogP contribution in [0.3, 0.4) is 0 Å². The molecule has 0 atom stereocenters. The van der Waals surface area contributed by atoms with Crippen LogP contribution >= 0.6 is 0 Å². The lowest BCUT2D eigenvalue weighted by Crippen LogP contribution is -2.39. The van der Waals surface area contributed by atoms with Gasteiger partial charge in [-0.25, -0.2) is 0 Å². The maximum atomic E-state index is 11.6. The molecule has 0 aliphatic heterocycles. The fraction of sp³-hybridized carbons (Fsp3) is 0.867. The quantitative estimate of drug-likeness (QED) is 0.419. The lowest BCUT2D eigenvalue weighted by molar-refractivity contribution is -0.121. The lowest BCUT2D eigenvalue weighted by atomic mass is 10.1. The minimum absolute atomic E-state index is 0.0646. The lowest BCUT2D eigenvalue weighted by Gasteiger charge is -2.25. The van der Waals surface area contributed by atoms with Crippen LogP contribution in [0.2, 0.25) is 12.6 Å². The molecule has 0 radical (unpaired) electrons. The van der Waals surface area contributed by atoms with E-state index in [1.54, 1.807) is 6.92 Å². The van der Waals surface area contributed by atoms with Crippen molar-refractivity contribution in [3.05, 3.63) is 0 Å². The molecule has 5 nitrogen and oxygen atoms in total. The van der Waals surface area contributed by atoms with Crippen LogP contribution in [0.15, 0.2) is 0 Å². The molecule has 0 aromatic carbocycles. The highest BCUT2D eigenvalue weighted by Gasteiger charge is 2.29. The summed E-state index contributed by atoms with van der Waals surface area (Å²) in [7, 11) is -2.05. The van der Waals surface area contributed by atoms with Gasteiger partial charge in [0.25, 0.3) is 0 Å². The number of carbonyl (C=O) groups is 2. The predicted molar refractivity (Wildman–Crippen MR) is 86.5 cm³/mol. The van der Waals surface area contributed by atoms with Gasteiger partial charge in [0.1, 0.15) is 5.78 Å². The normalized spacial score (nSPS) is 11.4. The average molecular weight is 318 g/mol. The molecule has 0 saturated carbocycles. The summed E-state index contributed by atoms with van der Waals surface area (Å²) in [6.07, 6.45) is 3.51. The standard InChI is InChI=1S/C15H31NO4Si/c1-5-19-21(4,20-6-2)13-9-12-16-15(18)11-8-7-10-14(3)17/h5-13H2,1-4H3,(H,16,18). The second-order valence-electron chi connectivity index (χ2n) is 5.36. The van der Waals surface area contributed by atoms with E-state index in [1.165, 1.54) is 0 Å². The third kappa shape index (κ3) is 11.6. The third-order valence-corrected chi connectivity index (χ3v) is 6.27. The van der Waals surface area contributed by atoms with Gasteiger partial charge in [-0.1, -0.05) is 0 Å². The number of nitrogens with one attached hydrogen (secondary N) is 1. The number of carbonyl (C=O) groups excluding carboxylic acids is 2.